The molecular weight excluding hydrogens is 420 g/mol. The maximum atomic E-state index is 2.60. The van der Waals surface area contributed by atoms with E-state index in [4.69, 9.17) is 0 Å². The molecular formula is C35H56. The van der Waals surface area contributed by atoms with Gasteiger partial charge in [0.15, 0.2) is 0 Å². The molecule has 0 aliphatic heterocycles. The molecule has 0 heteroatoms. The molecule has 0 aromatic heterocycles. The van der Waals surface area contributed by atoms with Gasteiger partial charge >= 0.3 is 0 Å². The van der Waals surface area contributed by atoms with Crippen molar-refractivity contribution in [3.8, 4) is 0 Å². The standard InChI is InChI=1S/C35H56/c1-31(2,3)26-21-17-19-24(22-26)18-16-20-25-23-27(32(4,5)6)29(34(10,11)12)30(35(13,14)15)28(25)33(7,8)9/h17,19,21-23H,16,18,20H2,1-15H3. The molecule has 0 bridgehead atoms. The molecule has 0 amide bonds. The van der Waals surface area contributed by atoms with Gasteiger partial charge in [-0.2, -0.15) is 0 Å². The summed E-state index contributed by atoms with van der Waals surface area (Å²) in [6, 6.07) is 11.8. The molecule has 0 unspecified atom stereocenters. The summed E-state index contributed by atoms with van der Waals surface area (Å²) in [5.74, 6) is 0. The highest BCUT2D eigenvalue weighted by Crippen LogP contribution is 2.47. The third kappa shape index (κ3) is 7.24. The lowest BCUT2D eigenvalue weighted by Crippen LogP contribution is -2.33. The summed E-state index contributed by atoms with van der Waals surface area (Å²) in [5.41, 5.74) is 11.3. The summed E-state index contributed by atoms with van der Waals surface area (Å²) in [4.78, 5) is 0. The average Bonchev–Trinajstić information content (AvgIpc) is 2.63. The first kappa shape index (κ1) is 29.7. The molecule has 0 N–H and O–H groups in total. The Morgan fingerprint density at radius 3 is 1.43 bits per heavy atom. The van der Waals surface area contributed by atoms with Crippen molar-refractivity contribution in [2.45, 2.75) is 150 Å². The van der Waals surface area contributed by atoms with Crippen LogP contribution < -0.4 is 0 Å². The Hall–Kier alpha value is -1.56. The lowest BCUT2D eigenvalue weighted by Gasteiger charge is -2.42. The van der Waals surface area contributed by atoms with Crippen molar-refractivity contribution in [3.05, 3.63) is 69.3 Å². The molecule has 0 saturated carbocycles. The van der Waals surface area contributed by atoms with Gasteiger partial charge in [0.2, 0.25) is 0 Å². The van der Waals surface area contributed by atoms with Crippen LogP contribution in [0.25, 0.3) is 0 Å². The van der Waals surface area contributed by atoms with Crippen LogP contribution >= 0.6 is 0 Å². The maximum Gasteiger partial charge on any atom is -0.0126 e. The highest BCUT2D eigenvalue weighted by molar-refractivity contribution is 5.56. The molecule has 0 radical (unpaired) electrons. The minimum absolute atomic E-state index is 0.0856. The zero-order valence-corrected chi connectivity index (χ0v) is 26.0. The minimum Gasteiger partial charge on any atom is -0.0617 e. The Morgan fingerprint density at radius 2 is 1.00 bits per heavy atom. The second-order valence-corrected chi connectivity index (χ2v) is 16.0. The van der Waals surface area contributed by atoms with Gasteiger partial charge in [0, 0.05) is 0 Å². The van der Waals surface area contributed by atoms with E-state index in [9.17, 15) is 0 Å². The number of benzene rings is 2. The molecule has 0 saturated heterocycles. The van der Waals surface area contributed by atoms with Crippen LogP contribution in [0.4, 0.5) is 0 Å². The molecule has 0 nitrogen and oxygen atoms in total. The Labute approximate surface area is 219 Å². The van der Waals surface area contributed by atoms with Gasteiger partial charge in [-0.05, 0) is 85.3 Å². The van der Waals surface area contributed by atoms with Crippen LogP contribution in [0.15, 0.2) is 30.3 Å². The van der Waals surface area contributed by atoms with E-state index in [0.717, 1.165) is 12.8 Å². The number of rotatable bonds is 4. The molecule has 0 aliphatic rings. The topological polar surface area (TPSA) is 0 Å². The van der Waals surface area contributed by atoms with Gasteiger partial charge in [0.05, 0.1) is 0 Å². The molecule has 196 valence electrons. The van der Waals surface area contributed by atoms with Crippen LogP contribution in [0.5, 0.6) is 0 Å². The molecule has 2 aromatic carbocycles. The van der Waals surface area contributed by atoms with Crippen LogP contribution in [0.2, 0.25) is 0 Å². The van der Waals surface area contributed by atoms with E-state index in [0.29, 0.717) is 0 Å². The second-order valence-electron chi connectivity index (χ2n) is 16.0. The van der Waals surface area contributed by atoms with Crippen LogP contribution in [0.1, 0.15) is 149 Å². The lowest BCUT2D eigenvalue weighted by molar-refractivity contribution is 0.473. The van der Waals surface area contributed by atoms with Gasteiger partial charge in [-0.15, -0.1) is 0 Å². The van der Waals surface area contributed by atoms with Gasteiger partial charge in [-0.1, -0.05) is 134 Å². The largest absolute Gasteiger partial charge is 0.0617 e. The molecule has 0 atom stereocenters. The van der Waals surface area contributed by atoms with Crippen molar-refractivity contribution >= 4 is 0 Å². The molecule has 0 aliphatic carbocycles. The van der Waals surface area contributed by atoms with Crippen molar-refractivity contribution in [3.63, 3.8) is 0 Å². The number of hydrogen-bond donors (Lipinski definition) is 0. The monoisotopic (exact) mass is 476 g/mol. The van der Waals surface area contributed by atoms with E-state index in [1.165, 1.54) is 23.1 Å². The highest BCUT2D eigenvalue weighted by atomic mass is 14.4. The van der Waals surface area contributed by atoms with Gasteiger partial charge in [-0.3, -0.25) is 0 Å². The van der Waals surface area contributed by atoms with E-state index in [-0.39, 0.29) is 27.1 Å². The molecule has 2 aromatic rings. The van der Waals surface area contributed by atoms with Crippen molar-refractivity contribution in [2.24, 2.45) is 0 Å². The predicted molar refractivity (Wildman–Crippen MR) is 158 cm³/mol. The van der Waals surface area contributed by atoms with E-state index in [2.05, 4.69) is 134 Å². The Balaban J connectivity index is 2.67. The van der Waals surface area contributed by atoms with Crippen LogP contribution in [-0.2, 0) is 39.9 Å². The SMILES string of the molecule is CC(C)(C)c1cccc(CCCc2cc(C(C)(C)C)c(C(C)(C)C)c(C(C)(C)C)c2C(C)(C)C)c1. The first-order valence-electron chi connectivity index (χ1n) is 13.9. The zero-order valence-electron chi connectivity index (χ0n) is 26.0. The predicted octanol–water partition coefficient (Wildman–Crippen LogP) is 10.3. The summed E-state index contributed by atoms with van der Waals surface area (Å²) in [5, 5.41) is 0. The van der Waals surface area contributed by atoms with E-state index in [1.807, 2.05) is 0 Å². The summed E-state index contributed by atoms with van der Waals surface area (Å²) in [7, 11) is 0. The Morgan fingerprint density at radius 1 is 0.486 bits per heavy atom. The van der Waals surface area contributed by atoms with Crippen molar-refractivity contribution in [2.75, 3.05) is 0 Å². The molecule has 0 fully saturated rings. The number of hydrogen-bond acceptors (Lipinski definition) is 0. The first-order valence-corrected chi connectivity index (χ1v) is 13.9. The minimum atomic E-state index is 0.0856. The number of aryl methyl sites for hydroxylation is 2. The van der Waals surface area contributed by atoms with Crippen molar-refractivity contribution < 1.29 is 0 Å². The summed E-state index contributed by atoms with van der Waals surface area (Å²) < 4.78 is 0. The Bertz CT molecular complexity index is 1010. The van der Waals surface area contributed by atoms with Gasteiger partial charge < -0.3 is 0 Å². The molecule has 2 rings (SSSR count). The lowest BCUT2D eigenvalue weighted by atomic mass is 9.63. The fourth-order valence-corrected chi connectivity index (χ4v) is 5.59. The van der Waals surface area contributed by atoms with Gasteiger partial charge in [-0.25, -0.2) is 0 Å². The van der Waals surface area contributed by atoms with Gasteiger partial charge in [0.25, 0.3) is 0 Å². The second kappa shape index (κ2) is 9.72. The maximum absolute atomic E-state index is 2.60. The highest BCUT2D eigenvalue weighted by Gasteiger charge is 2.37. The van der Waals surface area contributed by atoms with Crippen molar-refractivity contribution in [1.29, 1.82) is 0 Å². The quantitative estimate of drug-likeness (QED) is 0.411. The van der Waals surface area contributed by atoms with Crippen LogP contribution in [0.3, 0.4) is 0 Å². The van der Waals surface area contributed by atoms with Crippen LogP contribution in [0, 0.1) is 0 Å². The fourth-order valence-electron chi connectivity index (χ4n) is 5.59. The molecule has 35 heavy (non-hydrogen) atoms. The zero-order chi connectivity index (χ0) is 27.2. The third-order valence-corrected chi connectivity index (χ3v) is 7.17. The smallest absolute Gasteiger partial charge is 0.0126 e. The average molecular weight is 477 g/mol. The van der Waals surface area contributed by atoms with E-state index in [1.54, 1.807) is 22.3 Å². The van der Waals surface area contributed by atoms with Crippen LogP contribution in [-0.4, -0.2) is 0 Å². The summed E-state index contributed by atoms with van der Waals surface area (Å²) >= 11 is 0. The first-order chi connectivity index (χ1) is 15.5. The third-order valence-electron chi connectivity index (χ3n) is 7.17. The fraction of sp³-hybridized carbons (Fsp3) is 0.657. The van der Waals surface area contributed by atoms with E-state index >= 15 is 0 Å². The van der Waals surface area contributed by atoms with Gasteiger partial charge in [0.1, 0.15) is 0 Å². The van der Waals surface area contributed by atoms with Crippen molar-refractivity contribution in [1.82, 2.24) is 0 Å². The van der Waals surface area contributed by atoms with E-state index < -0.39 is 0 Å². The normalized spacial score (nSPS) is 13.9. The molecule has 0 heterocycles. The summed E-state index contributed by atoms with van der Waals surface area (Å²) in [6.45, 7) is 35.8. The summed E-state index contributed by atoms with van der Waals surface area (Å²) in [6.07, 6.45) is 3.44. The molecule has 0 spiro atoms. The Kier molecular flexibility index (Phi) is 8.24.